The largest absolute Gasteiger partial charge is 0.399 e. The summed E-state index contributed by atoms with van der Waals surface area (Å²) in [7, 11) is 2.98. The number of amides is 1. The number of nitrogens with zero attached hydrogens (tertiary/aromatic N) is 2. The number of nitrogen functional groups attached to an aromatic ring is 1. The second kappa shape index (κ2) is 5.16. The predicted molar refractivity (Wildman–Crippen MR) is 71.1 cm³/mol. The van der Waals surface area contributed by atoms with E-state index in [4.69, 9.17) is 10.6 Å². The van der Waals surface area contributed by atoms with E-state index in [1.807, 2.05) is 12.1 Å². The lowest BCUT2D eigenvalue weighted by Gasteiger charge is -2.11. The number of hydrogen-bond acceptors (Lipinski definition) is 5. The molecular formula is C12H13N3O2S. The van der Waals surface area contributed by atoms with Crippen molar-refractivity contribution in [1.29, 1.82) is 0 Å². The van der Waals surface area contributed by atoms with Crippen LogP contribution in [0.3, 0.4) is 0 Å². The molecule has 0 atom stereocenters. The summed E-state index contributed by atoms with van der Waals surface area (Å²) in [5.41, 5.74) is 7.63. The Morgan fingerprint density at radius 1 is 1.39 bits per heavy atom. The van der Waals surface area contributed by atoms with E-state index in [2.05, 4.69) is 4.98 Å². The minimum atomic E-state index is -0.268. The van der Waals surface area contributed by atoms with Crippen LogP contribution in [0, 0.1) is 0 Å². The molecule has 0 aliphatic heterocycles. The Bertz CT molecular complexity index is 551. The van der Waals surface area contributed by atoms with E-state index in [0.29, 0.717) is 11.4 Å². The summed E-state index contributed by atoms with van der Waals surface area (Å²) in [6, 6.07) is 7.37. The van der Waals surface area contributed by atoms with Gasteiger partial charge in [-0.3, -0.25) is 9.63 Å². The maximum Gasteiger partial charge on any atom is 0.296 e. The minimum Gasteiger partial charge on any atom is -0.399 e. The molecule has 1 heterocycles. The van der Waals surface area contributed by atoms with Crippen LogP contribution in [0.15, 0.2) is 29.6 Å². The average Bonchev–Trinajstić information content (AvgIpc) is 2.87. The third-order valence-corrected chi connectivity index (χ3v) is 3.33. The van der Waals surface area contributed by atoms with Crippen molar-refractivity contribution in [2.24, 2.45) is 0 Å². The Labute approximate surface area is 109 Å². The molecule has 6 heteroatoms. The third kappa shape index (κ3) is 2.49. The van der Waals surface area contributed by atoms with Gasteiger partial charge in [0.1, 0.15) is 10.7 Å². The predicted octanol–water partition coefficient (Wildman–Crippen LogP) is 2.03. The van der Waals surface area contributed by atoms with Gasteiger partial charge in [-0.1, -0.05) is 0 Å². The van der Waals surface area contributed by atoms with E-state index in [-0.39, 0.29) is 5.91 Å². The highest BCUT2D eigenvalue weighted by atomic mass is 32.1. The van der Waals surface area contributed by atoms with Crippen molar-refractivity contribution in [2.75, 3.05) is 19.9 Å². The van der Waals surface area contributed by atoms with Crippen molar-refractivity contribution < 1.29 is 9.63 Å². The fourth-order valence-electron chi connectivity index (χ4n) is 1.37. The van der Waals surface area contributed by atoms with Gasteiger partial charge in [-0.2, -0.15) is 0 Å². The highest BCUT2D eigenvalue weighted by Gasteiger charge is 2.15. The number of hydrogen-bond donors (Lipinski definition) is 1. The van der Waals surface area contributed by atoms with E-state index in [1.54, 1.807) is 24.6 Å². The van der Waals surface area contributed by atoms with Crippen molar-refractivity contribution in [2.45, 2.75) is 0 Å². The Morgan fingerprint density at radius 3 is 2.67 bits per heavy atom. The van der Waals surface area contributed by atoms with E-state index in [1.165, 1.54) is 18.4 Å². The summed E-state index contributed by atoms with van der Waals surface area (Å²) in [5.74, 6) is -0.268. The normalized spacial score (nSPS) is 10.3. The minimum absolute atomic E-state index is 0.268. The lowest BCUT2D eigenvalue weighted by molar-refractivity contribution is -0.0760. The molecule has 18 heavy (non-hydrogen) atoms. The summed E-state index contributed by atoms with van der Waals surface area (Å²) < 4.78 is 0. The number of nitrogens with two attached hydrogens (primary N) is 1. The SMILES string of the molecule is CON(C)C(=O)c1csc(-c2ccc(N)cc2)n1. The van der Waals surface area contributed by atoms with Gasteiger partial charge in [-0.25, -0.2) is 10.0 Å². The van der Waals surface area contributed by atoms with E-state index >= 15 is 0 Å². The maximum absolute atomic E-state index is 11.8. The Morgan fingerprint density at radius 2 is 2.06 bits per heavy atom. The molecular weight excluding hydrogens is 250 g/mol. The molecule has 5 nitrogen and oxygen atoms in total. The molecule has 0 unspecified atom stereocenters. The molecule has 0 radical (unpaired) electrons. The standard InChI is InChI=1S/C12H13N3O2S/c1-15(17-2)12(16)10-7-18-11(14-10)8-3-5-9(13)6-4-8/h3-7H,13H2,1-2H3. The molecule has 2 aromatic rings. The quantitative estimate of drug-likeness (QED) is 0.679. The fourth-order valence-corrected chi connectivity index (χ4v) is 2.17. The smallest absolute Gasteiger partial charge is 0.296 e. The first-order valence-electron chi connectivity index (χ1n) is 5.25. The number of hydroxylamine groups is 2. The Kier molecular flexibility index (Phi) is 3.59. The number of rotatable bonds is 3. The molecule has 2 N–H and O–H groups in total. The van der Waals surface area contributed by atoms with Gasteiger partial charge in [0, 0.05) is 23.7 Å². The topological polar surface area (TPSA) is 68.5 Å². The lowest BCUT2D eigenvalue weighted by atomic mass is 10.2. The van der Waals surface area contributed by atoms with Crippen LogP contribution in [0.5, 0.6) is 0 Å². The van der Waals surface area contributed by atoms with Gasteiger partial charge in [-0.05, 0) is 24.3 Å². The number of anilines is 1. The van der Waals surface area contributed by atoms with Gasteiger partial charge >= 0.3 is 0 Å². The zero-order chi connectivity index (χ0) is 13.1. The first-order chi connectivity index (χ1) is 8.61. The molecule has 0 aliphatic rings. The van der Waals surface area contributed by atoms with E-state index in [9.17, 15) is 4.79 Å². The first kappa shape index (κ1) is 12.5. The summed E-state index contributed by atoms with van der Waals surface area (Å²) >= 11 is 1.41. The van der Waals surface area contributed by atoms with Crippen LogP contribution >= 0.6 is 11.3 Å². The highest BCUT2D eigenvalue weighted by molar-refractivity contribution is 7.13. The van der Waals surface area contributed by atoms with Crippen LogP contribution < -0.4 is 5.73 Å². The van der Waals surface area contributed by atoms with Crippen LogP contribution in [-0.2, 0) is 4.84 Å². The van der Waals surface area contributed by atoms with Crippen LogP contribution in [0.1, 0.15) is 10.5 Å². The number of carbonyl (C=O) groups excluding carboxylic acids is 1. The molecule has 1 aromatic carbocycles. The van der Waals surface area contributed by atoms with E-state index < -0.39 is 0 Å². The van der Waals surface area contributed by atoms with Crippen LogP contribution in [0.4, 0.5) is 5.69 Å². The van der Waals surface area contributed by atoms with Gasteiger partial charge in [-0.15, -0.1) is 11.3 Å². The second-order valence-corrected chi connectivity index (χ2v) is 4.50. The average molecular weight is 263 g/mol. The van der Waals surface area contributed by atoms with Crippen LogP contribution in [-0.4, -0.2) is 30.1 Å². The number of carbonyl (C=O) groups is 1. The van der Waals surface area contributed by atoms with Crippen molar-refractivity contribution in [3.05, 3.63) is 35.3 Å². The molecule has 2 rings (SSSR count). The van der Waals surface area contributed by atoms with Gasteiger partial charge in [0.15, 0.2) is 0 Å². The molecule has 0 saturated heterocycles. The Hall–Kier alpha value is -1.92. The summed E-state index contributed by atoms with van der Waals surface area (Å²) in [5, 5.41) is 3.63. The monoisotopic (exact) mass is 263 g/mol. The van der Waals surface area contributed by atoms with Gasteiger partial charge < -0.3 is 5.73 Å². The molecule has 0 spiro atoms. The maximum atomic E-state index is 11.8. The summed E-state index contributed by atoms with van der Waals surface area (Å²) in [6.07, 6.45) is 0. The zero-order valence-electron chi connectivity index (χ0n) is 10.1. The van der Waals surface area contributed by atoms with Gasteiger partial charge in [0.05, 0.1) is 7.11 Å². The number of thiazole rings is 1. The molecule has 0 fully saturated rings. The highest BCUT2D eigenvalue weighted by Crippen LogP contribution is 2.24. The van der Waals surface area contributed by atoms with Crippen LogP contribution in [0.2, 0.25) is 0 Å². The van der Waals surface area contributed by atoms with Gasteiger partial charge in [0.2, 0.25) is 0 Å². The van der Waals surface area contributed by atoms with Crippen LogP contribution in [0.25, 0.3) is 10.6 Å². The molecule has 1 aromatic heterocycles. The molecule has 0 saturated carbocycles. The molecule has 1 amide bonds. The summed E-state index contributed by atoms with van der Waals surface area (Å²) in [6.45, 7) is 0. The van der Waals surface area contributed by atoms with E-state index in [0.717, 1.165) is 15.6 Å². The van der Waals surface area contributed by atoms with Crippen molar-refractivity contribution in [3.63, 3.8) is 0 Å². The zero-order valence-corrected chi connectivity index (χ0v) is 10.9. The second-order valence-electron chi connectivity index (χ2n) is 3.65. The van der Waals surface area contributed by atoms with Crippen molar-refractivity contribution in [3.8, 4) is 10.6 Å². The molecule has 94 valence electrons. The van der Waals surface area contributed by atoms with Crippen molar-refractivity contribution in [1.82, 2.24) is 10.0 Å². The third-order valence-electron chi connectivity index (χ3n) is 2.44. The lowest BCUT2D eigenvalue weighted by Crippen LogP contribution is -2.25. The van der Waals surface area contributed by atoms with Gasteiger partial charge in [0.25, 0.3) is 5.91 Å². The molecule has 0 bridgehead atoms. The number of benzene rings is 1. The Balaban J connectivity index is 2.25. The fraction of sp³-hybridized carbons (Fsp3) is 0.167. The first-order valence-corrected chi connectivity index (χ1v) is 6.13. The number of aromatic nitrogens is 1. The molecule has 0 aliphatic carbocycles. The summed E-state index contributed by atoms with van der Waals surface area (Å²) in [4.78, 5) is 20.9. The van der Waals surface area contributed by atoms with Crippen molar-refractivity contribution >= 4 is 22.9 Å².